The molecule has 1 heterocycles. The fraction of sp³-hybridized carbons (Fsp3) is 0.214. The number of hydrogen-bond acceptors (Lipinski definition) is 2. The number of nitrogens with one attached hydrogen (secondary N) is 1. The van der Waals surface area contributed by atoms with Crippen LogP contribution in [-0.2, 0) is 11.3 Å². The highest BCUT2D eigenvalue weighted by atomic mass is 35.5. The van der Waals surface area contributed by atoms with Gasteiger partial charge in [0.25, 0.3) is 0 Å². The molecule has 0 radical (unpaired) electrons. The molecule has 0 bridgehead atoms. The predicted octanol–water partition coefficient (Wildman–Crippen LogP) is 7.24. The maximum absolute atomic E-state index is 6.47. The van der Waals surface area contributed by atoms with Gasteiger partial charge >= 0.3 is 0 Å². The van der Waals surface area contributed by atoms with Gasteiger partial charge in [-0.25, -0.2) is 0 Å². The summed E-state index contributed by atoms with van der Waals surface area (Å²) in [6, 6.07) is 32.0. The normalized spacial score (nSPS) is 18.3. The van der Waals surface area contributed by atoms with E-state index in [4.69, 9.17) is 16.3 Å². The average molecular weight is 464 g/mol. The first kappa shape index (κ1) is 22.8. The molecule has 0 aromatic heterocycles. The Labute approximate surface area is 201 Å². The van der Waals surface area contributed by atoms with Gasteiger partial charge in [-0.2, -0.15) is 0 Å². The smallest absolute Gasteiger partial charge is 0.0772 e. The highest BCUT2D eigenvalue weighted by molar-refractivity contribution is 6.30. The minimum Gasteiger partial charge on any atom is -0.372 e. The topological polar surface area (TPSA) is 21.3 Å². The fourth-order valence-corrected chi connectivity index (χ4v) is 4.64. The molecule has 1 aliphatic heterocycles. The van der Waals surface area contributed by atoms with Crippen LogP contribution in [0, 0.1) is 0 Å². The van der Waals surface area contributed by atoms with Gasteiger partial charge in [0.05, 0.1) is 12.7 Å². The molecule has 32 heavy (non-hydrogen) atoms. The Hall–Kier alpha value is -2.36. The molecule has 5 rings (SSSR count). The molecule has 2 atom stereocenters. The van der Waals surface area contributed by atoms with Gasteiger partial charge in [0.1, 0.15) is 0 Å². The Balaban J connectivity index is 0.00000245. The molecule has 0 amide bonds. The molecule has 164 valence electrons. The van der Waals surface area contributed by atoms with E-state index in [1.54, 1.807) is 0 Å². The van der Waals surface area contributed by atoms with Crippen molar-refractivity contribution >= 4 is 34.8 Å². The van der Waals surface area contributed by atoms with Crippen LogP contribution >= 0.6 is 24.0 Å². The van der Waals surface area contributed by atoms with Crippen LogP contribution in [0.3, 0.4) is 0 Å². The molecular formula is C28H27Cl2NO. The van der Waals surface area contributed by atoms with Gasteiger partial charge in [0.2, 0.25) is 0 Å². The number of rotatable bonds is 5. The third-order valence-corrected chi connectivity index (χ3v) is 6.45. The van der Waals surface area contributed by atoms with Gasteiger partial charge in [-0.15, -0.1) is 12.4 Å². The molecule has 4 aromatic carbocycles. The minimum atomic E-state index is 0. The van der Waals surface area contributed by atoms with Crippen molar-refractivity contribution in [1.29, 1.82) is 0 Å². The summed E-state index contributed by atoms with van der Waals surface area (Å²) in [6.07, 6.45) is 1.23. The van der Waals surface area contributed by atoms with Crippen LogP contribution in [0.25, 0.3) is 21.9 Å². The van der Waals surface area contributed by atoms with Crippen molar-refractivity contribution in [2.75, 3.05) is 13.1 Å². The molecule has 4 heteroatoms. The van der Waals surface area contributed by atoms with E-state index in [9.17, 15) is 0 Å². The van der Waals surface area contributed by atoms with E-state index in [0.717, 1.165) is 24.5 Å². The van der Waals surface area contributed by atoms with Crippen LogP contribution in [0.15, 0.2) is 91.0 Å². The number of hydrogen-bond donors (Lipinski definition) is 1. The van der Waals surface area contributed by atoms with Gasteiger partial charge in [-0.1, -0.05) is 84.4 Å². The van der Waals surface area contributed by atoms with Crippen molar-refractivity contribution in [2.45, 2.75) is 25.0 Å². The molecule has 1 N–H and O–H groups in total. The van der Waals surface area contributed by atoms with Gasteiger partial charge in [-0.3, -0.25) is 0 Å². The minimum absolute atomic E-state index is 0. The summed E-state index contributed by atoms with van der Waals surface area (Å²) in [4.78, 5) is 0. The van der Waals surface area contributed by atoms with Crippen LogP contribution in [0.5, 0.6) is 0 Å². The Morgan fingerprint density at radius 1 is 0.812 bits per heavy atom. The molecule has 1 saturated heterocycles. The third kappa shape index (κ3) is 5.16. The predicted molar refractivity (Wildman–Crippen MR) is 137 cm³/mol. The summed E-state index contributed by atoms with van der Waals surface area (Å²) in [5.74, 6) is 0.383. The van der Waals surface area contributed by atoms with Gasteiger partial charge < -0.3 is 10.1 Å². The molecule has 2 unspecified atom stereocenters. The molecule has 4 aromatic rings. The zero-order chi connectivity index (χ0) is 21.0. The van der Waals surface area contributed by atoms with Crippen molar-refractivity contribution < 1.29 is 4.74 Å². The van der Waals surface area contributed by atoms with Gasteiger partial charge in [0, 0.05) is 17.5 Å². The van der Waals surface area contributed by atoms with E-state index in [-0.39, 0.29) is 18.5 Å². The molecular weight excluding hydrogens is 437 g/mol. The zero-order valence-electron chi connectivity index (χ0n) is 17.8. The zero-order valence-corrected chi connectivity index (χ0v) is 19.4. The van der Waals surface area contributed by atoms with E-state index in [1.807, 2.05) is 12.1 Å². The highest BCUT2D eigenvalue weighted by Gasteiger charge is 2.27. The lowest BCUT2D eigenvalue weighted by Gasteiger charge is -2.33. The van der Waals surface area contributed by atoms with Gasteiger partial charge in [0.15, 0.2) is 0 Å². The largest absolute Gasteiger partial charge is 0.372 e. The van der Waals surface area contributed by atoms with Crippen molar-refractivity contribution in [1.82, 2.24) is 5.32 Å². The van der Waals surface area contributed by atoms with E-state index >= 15 is 0 Å². The van der Waals surface area contributed by atoms with E-state index in [0.29, 0.717) is 12.5 Å². The standard InChI is InChI=1S/C28H26ClNO.ClH/c29-26-12-10-22(11-13-26)24-6-3-7-25(17-24)27-14-15-30-18-28(27)31-19-20-8-9-21-4-1-2-5-23(21)16-20;/h1-13,16-17,27-28,30H,14-15,18-19H2;1H. The fourth-order valence-electron chi connectivity index (χ4n) is 4.51. The van der Waals surface area contributed by atoms with Gasteiger partial charge in [-0.05, 0) is 64.2 Å². The summed E-state index contributed by atoms with van der Waals surface area (Å²) in [7, 11) is 0. The Bertz CT molecular complexity index is 1180. The monoisotopic (exact) mass is 463 g/mol. The van der Waals surface area contributed by atoms with Crippen LogP contribution in [0.2, 0.25) is 5.02 Å². The van der Waals surface area contributed by atoms with Crippen molar-refractivity contribution in [3.05, 3.63) is 107 Å². The second-order valence-electron chi connectivity index (χ2n) is 8.26. The Morgan fingerprint density at radius 2 is 1.62 bits per heavy atom. The van der Waals surface area contributed by atoms with Crippen LogP contribution in [0.1, 0.15) is 23.5 Å². The number of benzene rings is 4. The van der Waals surface area contributed by atoms with Crippen molar-refractivity contribution in [3.8, 4) is 11.1 Å². The maximum atomic E-state index is 6.47. The summed E-state index contributed by atoms with van der Waals surface area (Å²) < 4.78 is 6.47. The lowest BCUT2D eigenvalue weighted by atomic mass is 9.86. The van der Waals surface area contributed by atoms with Crippen LogP contribution in [0.4, 0.5) is 0 Å². The second kappa shape index (κ2) is 10.5. The van der Waals surface area contributed by atoms with Crippen LogP contribution in [-0.4, -0.2) is 19.2 Å². The number of halogens is 2. The van der Waals surface area contributed by atoms with Crippen molar-refractivity contribution in [2.24, 2.45) is 0 Å². The SMILES string of the molecule is Cl.Clc1ccc(-c2cccc(C3CCNCC3OCc3ccc4ccccc4c3)c2)cc1. The molecule has 1 aliphatic rings. The first-order valence-electron chi connectivity index (χ1n) is 10.9. The van der Waals surface area contributed by atoms with Crippen molar-refractivity contribution in [3.63, 3.8) is 0 Å². The second-order valence-corrected chi connectivity index (χ2v) is 8.70. The van der Waals surface area contributed by atoms with E-state index < -0.39 is 0 Å². The number of fused-ring (bicyclic) bond motifs is 1. The third-order valence-electron chi connectivity index (χ3n) is 6.20. The quantitative estimate of drug-likeness (QED) is 0.336. The number of ether oxygens (including phenoxy) is 1. The summed E-state index contributed by atoms with van der Waals surface area (Å²) in [5.41, 5.74) is 4.98. The first-order valence-corrected chi connectivity index (χ1v) is 11.3. The Kier molecular flexibility index (Phi) is 7.49. The molecule has 1 fully saturated rings. The summed E-state index contributed by atoms with van der Waals surface area (Å²) in [6.45, 7) is 2.53. The highest BCUT2D eigenvalue weighted by Crippen LogP contribution is 2.32. The molecule has 0 saturated carbocycles. The summed E-state index contributed by atoms with van der Waals surface area (Å²) in [5, 5.41) is 6.81. The first-order chi connectivity index (χ1) is 15.3. The molecule has 0 aliphatic carbocycles. The van der Waals surface area contributed by atoms with Crippen LogP contribution < -0.4 is 5.32 Å². The maximum Gasteiger partial charge on any atom is 0.0772 e. The Morgan fingerprint density at radius 3 is 2.47 bits per heavy atom. The lowest BCUT2D eigenvalue weighted by Crippen LogP contribution is -2.41. The average Bonchev–Trinajstić information content (AvgIpc) is 2.83. The molecule has 2 nitrogen and oxygen atoms in total. The van der Waals surface area contributed by atoms with E-state index in [2.05, 4.69) is 84.2 Å². The molecule has 0 spiro atoms. The lowest BCUT2D eigenvalue weighted by molar-refractivity contribution is 0.0107. The van der Waals surface area contributed by atoms with E-state index in [1.165, 1.54) is 33.0 Å². The summed E-state index contributed by atoms with van der Waals surface area (Å²) >= 11 is 6.07. The number of piperidine rings is 1.